The normalized spacial score (nSPS) is 14.3. The standard InChI is InChI=1S/C34H35N3O3/c1-40-23-11-22-37-32(30-18-8-9-19-31(30)34(37)39)36-28-17-10-16-27(24-28)33(38)35-21-20-29(25-12-4-2-5-13-25)26-14-6-3-7-15-26/h2-10,12-19,24,29,32,36H,11,20-23H2,1H3,(H,35,38). The largest absolute Gasteiger partial charge is 0.385 e. The first kappa shape index (κ1) is 27.2. The van der Waals surface area contributed by atoms with E-state index in [4.69, 9.17) is 4.74 Å². The van der Waals surface area contributed by atoms with Crippen molar-refractivity contribution in [3.05, 3.63) is 137 Å². The van der Waals surface area contributed by atoms with Crippen LogP contribution >= 0.6 is 0 Å². The van der Waals surface area contributed by atoms with E-state index in [0.29, 0.717) is 30.8 Å². The fourth-order valence-corrected chi connectivity index (χ4v) is 5.37. The van der Waals surface area contributed by atoms with Crippen LogP contribution in [0.1, 0.15) is 62.3 Å². The summed E-state index contributed by atoms with van der Waals surface area (Å²) >= 11 is 0. The molecule has 204 valence electrons. The Balaban J connectivity index is 1.26. The number of fused-ring (bicyclic) bond motifs is 1. The zero-order chi connectivity index (χ0) is 27.7. The maximum atomic E-state index is 13.2. The summed E-state index contributed by atoms with van der Waals surface area (Å²) in [6.45, 7) is 1.70. The molecule has 4 aromatic carbocycles. The van der Waals surface area contributed by atoms with Crippen LogP contribution in [0.15, 0.2) is 109 Å². The Morgan fingerprint density at radius 2 is 1.55 bits per heavy atom. The van der Waals surface area contributed by atoms with Gasteiger partial charge in [-0.2, -0.15) is 0 Å². The Morgan fingerprint density at radius 3 is 2.25 bits per heavy atom. The molecule has 6 nitrogen and oxygen atoms in total. The molecule has 0 aliphatic carbocycles. The Kier molecular flexibility index (Phi) is 8.89. The molecule has 1 heterocycles. The molecular weight excluding hydrogens is 498 g/mol. The molecule has 6 heteroatoms. The van der Waals surface area contributed by atoms with Gasteiger partial charge in [0.1, 0.15) is 6.17 Å². The second-order valence-corrected chi connectivity index (χ2v) is 9.98. The molecule has 1 aliphatic rings. The lowest BCUT2D eigenvalue weighted by atomic mass is 9.88. The van der Waals surface area contributed by atoms with Crippen molar-refractivity contribution in [2.24, 2.45) is 0 Å². The van der Waals surface area contributed by atoms with Crippen molar-refractivity contribution in [3.63, 3.8) is 0 Å². The van der Waals surface area contributed by atoms with Crippen LogP contribution in [-0.2, 0) is 4.74 Å². The van der Waals surface area contributed by atoms with Gasteiger partial charge < -0.3 is 20.3 Å². The average Bonchev–Trinajstić information content (AvgIpc) is 3.26. The Labute approximate surface area is 236 Å². The van der Waals surface area contributed by atoms with Crippen molar-refractivity contribution in [3.8, 4) is 0 Å². The molecule has 2 N–H and O–H groups in total. The van der Waals surface area contributed by atoms with Crippen LogP contribution in [0.5, 0.6) is 0 Å². The molecular formula is C34H35N3O3. The number of ether oxygens (including phenoxy) is 1. The summed E-state index contributed by atoms with van der Waals surface area (Å²) in [4.78, 5) is 28.1. The van der Waals surface area contributed by atoms with Crippen molar-refractivity contribution in [2.45, 2.75) is 24.9 Å². The minimum atomic E-state index is -0.309. The van der Waals surface area contributed by atoms with Gasteiger partial charge in [0.05, 0.1) is 0 Å². The predicted octanol–water partition coefficient (Wildman–Crippen LogP) is 6.24. The van der Waals surface area contributed by atoms with E-state index in [1.165, 1.54) is 11.1 Å². The number of nitrogens with zero attached hydrogens (tertiary/aromatic N) is 1. The molecule has 0 saturated heterocycles. The van der Waals surface area contributed by atoms with Gasteiger partial charge in [-0.3, -0.25) is 9.59 Å². The number of anilines is 1. The maximum absolute atomic E-state index is 13.2. The zero-order valence-electron chi connectivity index (χ0n) is 22.8. The van der Waals surface area contributed by atoms with Gasteiger partial charge in [0, 0.05) is 55.1 Å². The highest BCUT2D eigenvalue weighted by atomic mass is 16.5. The van der Waals surface area contributed by atoms with Crippen LogP contribution in [0.4, 0.5) is 5.69 Å². The highest BCUT2D eigenvalue weighted by molar-refractivity contribution is 5.99. The summed E-state index contributed by atoms with van der Waals surface area (Å²) in [5, 5.41) is 6.61. The monoisotopic (exact) mass is 533 g/mol. The van der Waals surface area contributed by atoms with Crippen molar-refractivity contribution in [2.75, 3.05) is 32.1 Å². The van der Waals surface area contributed by atoms with Gasteiger partial charge in [-0.05, 0) is 48.2 Å². The van der Waals surface area contributed by atoms with E-state index in [1.807, 2.05) is 65.6 Å². The minimum absolute atomic E-state index is 0.00415. The predicted molar refractivity (Wildman–Crippen MR) is 158 cm³/mol. The van der Waals surface area contributed by atoms with Gasteiger partial charge in [0.2, 0.25) is 0 Å². The molecule has 1 atom stereocenters. The zero-order valence-corrected chi connectivity index (χ0v) is 22.8. The van der Waals surface area contributed by atoms with E-state index < -0.39 is 0 Å². The molecule has 1 aliphatic heterocycles. The number of nitrogens with one attached hydrogen (secondary N) is 2. The van der Waals surface area contributed by atoms with Crippen LogP contribution in [0, 0.1) is 0 Å². The summed E-state index contributed by atoms with van der Waals surface area (Å²) in [7, 11) is 1.66. The van der Waals surface area contributed by atoms with Gasteiger partial charge in [0.25, 0.3) is 11.8 Å². The third-order valence-electron chi connectivity index (χ3n) is 7.36. The van der Waals surface area contributed by atoms with Crippen LogP contribution in [-0.4, -0.2) is 43.5 Å². The number of methoxy groups -OCH3 is 1. The molecule has 0 bridgehead atoms. The van der Waals surface area contributed by atoms with Crippen LogP contribution in [0.2, 0.25) is 0 Å². The maximum Gasteiger partial charge on any atom is 0.256 e. The van der Waals surface area contributed by atoms with Crippen molar-refractivity contribution in [1.82, 2.24) is 10.2 Å². The summed E-state index contributed by atoms with van der Waals surface area (Å²) in [6.07, 6.45) is 1.22. The van der Waals surface area contributed by atoms with Crippen molar-refractivity contribution < 1.29 is 14.3 Å². The highest BCUT2D eigenvalue weighted by Crippen LogP contribution is 2.34. The Hall–Kier alpha value is -4.42. The Bertz CT molecular complexity index is 1390. The molecule has 2 amide bonds. The lowest BCUT2D eigenvalue weighted by Crippen LogP contribution is -2.33. The average molecular weight is 534 g/mol. The van der Waals surface area contributed by atoms with E-state index in [9.17, 15) is 9.59 Å². The Morgan fingerprint density at radius 1 is 0.875 bits per heavy atom. The number of carbonyl (C=O) groups excluding carboxylic acids is 2. The van der Waals surface area contributed by atoms with E-state index in [1.54, 1.807) is 7.11 Å². The molecule has 40 heavy (non-hydrogen) atoms. The SMILES string of the molecule is COCCCN1C(=O)c2ccccc2C1Nc1cccc(C(=O)NCCC(c2ccccc2)c2ccccc2)c1. The van der Waals surface area contributed by atoms with Crippen LogP contribution < -0.4 is 10.6 Å². The van der Waals surface area contributed by atoms with Gasteiger partial charge >= 0.3 is 0 Å². The molecule has 0 aromatic heterocycles. The number of benzene rings is 4. The molecule has 1 unspecified atom stereocenters. The first-order valence-corrected chi connectivity index (χ1v) is 13.8. The fourth-order valence-electron chi connectivity index (χ4n) is 5.37. The second kappa shape index (κ2) is 13.1. The summed E-state index contributed by atoms with van der Waals surface area (Å²) in [5.41, 5.74) is 5.46. The lowest BCUT2D eigenvalue weighted by molar-refractivity contribution is 0.0721. The molecule has 0 spiro atoms. The summed E-state index contributed by atoms with van der Waals surface area (Å²) in [5.74, 6) is 0.0765. The van der Waals surface area contributed by atoms with Gasteiger partial charge in [-0.1, -0.05) is 84.9 Å². The highest BCUT2D eigenvalue weighted by Gasteiger charge is 2.36. The van der Waals surface area contributed by atoms with Gasteiger partial charge in [0.15, 0.2) is 0 Å². The molecule has 5 rings (SSSR count). The lowest BCUT2D eigenvalue weighted by Gasteiger charge is -2.27. The van der Waals surface area contributed by atoms with E-state index in [-0.39, 0.29) is 23.9 Å². The molecule has 0 fully saturated rings. The first-order valence-electron chi connectivity index (χ1n) is 13.8. The molecule has 0 radical (unpaired) electrons. The van der Waals surface area contributed by atoms with Crippen LogP contribution in [0.25, 0.3) is 0 Å². The number of carbonyl (C=O) groups is 2. The third kappa shape index (κ3) is 6.24. The van der Waals surface area contributed by atoms with Crippen molar-refractivity contribution in [1.29, 1.82) is 0 Å². The number of amides is 2. The first-order chi connectivity index (χ1) is 19.7. The van der Waals surface area contributed by atoms with E-state index in [0.717, 1.165) is 24.1 Å². The summed E-state index contributed by atoms with van der Waals surface area (Å²) in [6, 6.07) is 35.9. The smallest absolute Gasteiger partial charge is 0.256 e. The molecule has 4 aromatic rings. The number of hydrogen-bond acceptors (Lipinski definition) is 4. The number of hydrogen-bond donors (Lipinski definition) is 2. The molecule has 0 saturated carbocycles. The van der Waals surface area contributed by atoms with Gasteiger partial charge in [-0.15, -0.1) is 0 Å². The third-order valence-corrected chi connectivity index (χ3v) is 7.36. The van der Waals surface area contributed by atoms with E-state index >= 15 is 0 Å². The van der Waals surface area contributed by atoms with Gasteiger partial charge in [-0.25, -0.2) is 0 Å². The second-order valence-electron chi connectivity index (χ2n) is 9.98. The summed E-state index contributed by atoms with van der Waals surface area (Å²) < 4.78 is 5.20. The fraction of sp³-hybridized carbons (Fsp3) is 0.235. The topological polar surface area (TPSA) is 70.7 Å². The van der Waals surface area contributed by atoms with E-state index in [2.05, 4.69) is 59.2 Å². The van der Waals surface area contributed by atoms with Crippen molar-refractivity contribution >= 4 is 17.5 Å². The minimum Gasteiger partial charge on any atom is -0.385 e. The quantitative estimate of drug-likeness (QED) is 0.212. The number of rotatable bonds is 12. The van der Waals surface area contributed by atoms with Crippen LogP contribution in [0.3, 0.4) is 0 Å².